The van der Waals surface area contributed by atoms with Gasteiger partial charge >= 0.3 is 0 Å². The lowest BCUT2D eigenvalue weighted by Gasteiger charge is -2.50. The summed E-state index contributed by atoms with van der Waals surface area (Å²) < 4.78 is 36.2. The first-order valence-corrected chi connectivity index (χ1v) is 10.6. The molecule has 0 bridgehead atoms. The molecule has 32 heavy (non-hydrogen) atoms. The molecule has 1 aliphatic rings. The minimum absolute atomic E-state index is 0.0781. The summed E-state index contributed by atoms with van der Waals surface area (Å²) in [5, 5.41) is 8.44. The number of benzene rings is 1. The molecule has 1 fully saturated rings. The van der Waals surface area contributed by atoms with E-state index in [0.29, 0.717) is 35.8 Å². The summed E-state index contributed by atoms with van der Waals surface area (Å²) >= 11 is 5.72. The van der Waals surface area contributed by atoms with Crippen molar-refractivity contribution in [2.24, 2.45) is 5.41 Å². The van der Waals surface area contributed by atoms with Crippen LogP contribution in [0.25, 0.3) is 0 Å². The van der Waals surface area contributed by atoms with Gasteiger partial charge in [0.15, 0.2) is 6.61 Å². The van der Waals surface area contributed by atoms with E-state index in [-0.39, 0.29) is 22.5 Å². The largest absolute Gasteiger partial charge is 0.493 e. The number of ether oxygens (including phenoxy) is 3. The van der Waals surface area contributed by atoms with Crippen molar-refractivity contribution >= 4 is 11.6 Å². The molecule has 0 unspecified atom stereocenters. The Labute approximate surface area is 190 Å². The van der Waals surface area contributed by atoms with Crippen molar-refractivity contribution < 1.29 is 23.0 Å². The van der Waals surface area contributed by atoms with Gasteiger partial charge in [0.2, 0.25) is 11.8 Å². The van der Waals surface area contributed by atoms with E-state index in [9.17, 15) is 4.39 Å². The molecule has 4 rings (SSSR count). The van der Waals surface area contributed by atoms with Gasteiger partial charge in [0.1, 0.15) is 17.3 Å². The fourth-order valence-electron chi connectivity index (χ4n) is 4.44. The second-order valence-electron chi connectivity index (χ2n) is 8.88. The summed E-state index contributed by atoms with van der Waals surface area (Å²) in [6, 6.07) is 6.30. The third kappa shape index (κ3) is 4.65. The Bertz CT molecular complexity index is 1110. The minimum atomic E-state index is -0.492. The van der Waals surface area contributed by atoms with Gasteiger partial charge in [-0.1, -0.05) is 25.4 Å². The number of rotatable bonds is 8. The highest BCUT2D eigenvalue weighted by Crippen LogP contribution is 2.55. The molecule has 170 valence electrons. The Hall–Kier alpha value is -2.87. The van der Waals surface area contributed by atoms with Gasteiger partial charge in [-0.05, 0) is 38.0 Å². The molecule has 3 aromatic rings. The maximum Gasteiger partial charge on any atom is 0.253 e. The van der Waals surface area contributed by atoms with Gasteiger partial charge in [-0.2, -0.15) is 0 Å². The van der Waals surface area contributed by atoms with Crippen LogP contribution >= 0.6 is 11.6 Å². The molecule has 7 nitrogen and oxygen atoms in total. The van der Waals surface area contributed by atoms with Crippen LogP contribution in [0.1, 0.15) is 44.0 Å². The summed E-state index contributed by atoms with van der Waals surface area (Å²) in [5.41, 5.74) is 0.552. The van der Waals surface area contributed by atoms with Crippen LogP contribution < -0.4 is 14.2 Å². The summed E-state index contributed by atoms with van der Waals surface area (Å²) in [6.45, 7) is 6.72. The van der Waals surface area contributed by atoms with E-state index in [1.54, 1.807) is 19.4 Å². The van der Waals surface area contributed by atoms with Crippen molar-refractivity contribution in [2.75, 3.05) is 13.7 Å². The molecule has 0 aliphatic heterocycles. The fourth-order valence-corrected chi connectivity index (χ4v) is 4.56. The number of methoxy groups -OCH3 is 1. The van der Waals surface area contributed by atoms with Crippen LogP contribution in [0, 0.1) is 18.2 Å². The third-order valence-electron chi connectivity index (χ3n) is 5.66. The Morgan fingerprint density at radius 3 is 2.59 bits per heavy atom. The summed E-state index contributed by atoms with van der Waals surface area (Å²) in [4.78, 5) is 4.19. The van der Waals surface area contributed by atoms with E-state index in [0.717, 1.165) is 18.4 Å². The van der Waals surface area contributed by atoms with Crippen LogP contribution in [0.15, 0.2) is 34.9 Å². The highest BCUT2D eigenvalue weighted by molar-refractivity contribution is 6.30. The van der Waals surface area contributed by atoms with Gasteiger partial charge in [-0.15, -0.1) is 10.2 Å². The molecule has 1 saturated carbocycles. The molecule has 0 spiro atoms. The molecule has 1 aromatic carbocycles. The monoisotopic (exact) mass is 461 g/mol. The van der Waals surface area contributed by atoms with Gasteiger partial charge < -0.3 is 18.6 Å². The molecule has 0 N–H and O–H groups in total. The quantitative estimate of drug-likeness (QED) is 0.451. The van der Waals surface area contributed by atoms with Gasteiger partial charge in [0.25, 0.3) is 5.89 Å². The number of aryl methyl sites for hydroxylation is 1. The summed E-state index contributed by atoms with van der Waals surface area (Å²) in [6.07, 6.45) is 3.20. The molecule has 1 aliphatic carbocycles. The third-order valence-corrected chi connectivity index (χ3v) is 5.96. The predicted octanol–water partition coefficient (Wildman–Crippen LogP) is 5.29. The van der Waals surface area contributed by atoms with Crippen molar-refractivity contribution in [2.45, 2.75) is 45.6 Å². The molecular formula is C23H25ClFN3O4. The number of nitrogens with zero attached hydrogens (tertiary/aromatic N) is 3. The maximum absolute atomic E-state index is 13.6. The lowest BCUT2D eigenvalue weighted by atomic mass is 9.54. The van der Waals surface area contributed by atoms with E-state index in [4.69, 9.17) is 30.2 Å². The zero-order chi connectivity index (χ0) is 22.9. The van der Waals surface area contributed by atoms with Gasteiger partial charge in [-0.25, -0.2) is 9.37 Å². The molecule has 0 radical (unpaired) electrons. The minimum Gasteiger partial charge on any atom is -0.493 e. The summed E-state index contributed by atoms with van der Waals surface area (Å²) in [7, 11) is 1.57. The second kappa shape index (κ2) is 8.58. The fraction of sp³-hybridized carbons (Fsp3) is 0.435. The van der Waals surface area contributed by atoms with Crippen LogP contribution in [-0.2, 0) is 12.0 Å². The standard InChI is InChI=1S/C23H25ClFN3O4/c1-14-7-16(9-26-20(14)29-4)30-10-19-27-28-21(32-19)23(3)11-22(2,12-23)13-31-15-5-6-17(24)18(25)8-15/h5-9H,10-13H2,1-4H3. The Balaban J connectivity index is 1.32. The van der Waals surface area contributed by atoms with Crippen molar-refractivity contribution in [3.05, 3.63) is 58.6 Å². The lowest BCUT2D eigenvalue weighted by Crippen LogP contribution is -2.49. The summed E-state index contributed by atoms with van der Waals surface area (Å²) in [5.74, 6) is 2.10. The first kappa shape index (κ1) is 22.3. The van der Waals surface area contributed by atoms with Gasteiger partial charge in [-0.3, -0.25) is 0 Å². The smallest absolute Gasteiger partial charge is 0.253 e. The maximum atomic E-state index is 13.6. The van der Waals surface area contributed by atoms with Crippen molar-refractivity contribution in [1.82, 2.24) is 15.2 Å². The molecule has 9 heteroatoms. The molecule has 0 atom stereocenters. The first-order chi connectivity index (χ1) is 15.2. The van der Waals surface area contributed by atoms with Crippen LogP contribution in [-0.4, -0.2) is 28.9 Å². The lowest BCUT2D eigenvalue weighted by molar-refractivity contribution is -0.00896. The first-order valence-electron chi connectivity index (χ1n) is 10.2. The van der Waals surface area contributed by atoms with Gasteiger partial charge in [0, 0.05) is 22.5 Å². The van der Waals surface area contributed by atoms with E-state index >= 15 is 0 Å². The van der Waals surface area contributed by atoms with Crippen molar-refractivity contribution in [3.63, 3.8) is 0 Å². The molecule has 0 saturated heterocycles. The van der Waals surface area contributed by atoms with Crippen LogP contribution in [0.5, 0.6) is 17.4 Å². The SMILES string of the molecule is COc1ncc(OCc2nnc(C3(C)CC(C)(COc4ccc(Cl)c(F)c4)C3)o2)cc1C. The zero-order valence-corrected chi connectivity index (χ0v) is 19.2. The highest BCUT2D eigenvalue weighted by atomic mass is 35.5. The van der Waals surface area contributed by atoms with E-state index < -0.39 is 5.82 Å². The number of pyridine rings is 1. The average molecular weight is 462 g/mol. The van der Waals surface area contributed by atoms with Gasteiger partial charge in [0.05, 0.1) is 24.9 Å². The van der Waals surface area contributed by atoms with E-state index in [1.807, 2.05) is 13.0 Å². The Morgan fingerprint density at radius 1 is 1.12 bits per heavy atom. The number of halogens is 2. The predicted molar refractivity (Wildman–Crippen MR) is 116 cm³/mol. The van der Waals surface area contributed by atoms with Crippen molar-refractivity contribution in [3.8, 4) is 17.4 Å². The van der Waals surface area contributed by atoms with E-state index in [1.165, 1.54) is 12.1 Å². The number of hydrogen-bond donors (Lipinski definition) is 0. The zero-order valence-electron chi connectivity index (χ0n) is 18.4. The van der Waals surface area contributed by atoms with Crippen LogP contribution in [0.4, 0.5) is 4.39 Å². The highest BCUT2D eigenvalue weighted by Gasteiger charge is 2.53. The normalized spacial score (nSPS) is 22.3. The molecule has 2 heterocycles. The topological polar surface area (TPSA) is 79.5 Å². The van der Waals surface area contributed by atoms with Crippen LogP contribution in [0.3, 0.4) is 0 Å². The average Bonchev–Trinajstić information content (AvgIpc) is 3.22. The molecule has 2 aromatic heterocycles. The second-order valence-corrected chi connectivity index (χ2v) is 9.28. The van der Waals surface area contributed by atoms with Crippen LogP contribution in [0.2, 0.25) is 5.02 Å². The van der Waals surface area contributed by atoms with E-state index in [2.05, 4.69) is 29.0 Å². The van der Waals surface area contributed by atoms with Crippen molar-refractivity contribution in [1.29, 1.82) is 0 Å². The number of hydrogen-bond acceptors (Lipinski definition) is 7. The number of aromatic nitrogens is 3. The Morgan fingerprint density at radius 2 is 1.91 bits per heavy atom. The Kier molecular flexibility index (Phi) is 5.99. The molecule has 0 amide bonds. The molecular weight excluding hydrogens is 437 g/mol.